The van der Waals surface area contributed by atoms with E-state index in [2.05, 4.69) is 24.9 Å². The molecular weight excluding hydrogens is 340 g/mol. The lowest BCUT2D eigenvalue weighted by Gasteiger charge is -2.34. The van der Waals surface area contributed by atoms with Crippen LogP contribution < -0.4 is 16.4 Å². The SMILES string of the molecule is CN(C)[C@@H]1CCCC[C@H]1N=C(N)NC1=NS(=O)(=O)c2ccccc2N1. The molecule has 0 saturated heterocycles. The van der Waals surface area contributed by atoms with Gasteiger partial charge in [0.1, 0.15) is 4.90 Å². The number of rotatable bonds is 2. The summed E-state index contributed by atoms with van der Waals surface area (Å²) in [6.45, 7) is 0. The average molecular weight is 364 g/mol. The van der Waals surface area contributed by atoms with Crippen LogP contribution >= 0.6 is 0 Å². The first-order chi connectivity index (χ1) is 11.9. The number of hydrogen-bond donors (Lipinski definition) is 3. The van der Waals surface area contributed by atoms with E-state index in [0.717, 1.165) is 19.3 Å². The molecule has 1 aromatic carbocycles. The largest absolute Gasteiger partial charge is 0.370 e. The average Bonchev–Trinajstić information content (AvgIpc) is 2.54. The summed E-state index contributed by atoms with van der Waals surface area (Å²) >= 11 is 0. The number of sulfonamides is 1. The first-order valence-corrected chi connectivity index (χ1v) is 9.78. The minimum atomic E-state index is -3.75. The van der Waals surface area contributed by atoms with Crippen molar-refractivity contribution in [2.45, 2.75) is 42.7 Å². The summed E-state index contributed by atoms with van der Waals surface area (Å²) in [4.78, 5) is 6.88. The van der Waals surface area contributed by atoms with Crippen LogP contribution in [-0.4, -0.2) is 51.4 Å². The summed E-state index contributed by atoms with van der Waals surface area (Å²) in [6.07, 6.45) is 4.35. The van der Waals surface area contributed by atoms with Crippen molar-refractivity contribution in [3.63, 3.8) is 0 Å². The van der Waals surface area contributed by atoms with Gasteiger partial charge in [-0.3, -0.25) is 5.32 Å². The summed E-state index contributed by atoms with van der Waals surface area (Å²) in [7, 11) is 0.330. The van der Waals surface area contributed by atoms with Crippen molar-refractivity contribution >= 4 is 27.6 Å². The fourth-order valence-electron chi connectivity index (χ4n) is 3.35. The lowest BCUT2D eigenvalue weighted by molar-refractivity contribution is 0.202. The lowest BCUT2D eigenvalue weighted by atomic mass is 9.90. The highest BCUT2D eigenvalue weighted by Crippen LogP contribution is 2.26. The van der Waals surface area contributed by atoms with Gasteiger partial charge in [-0.05, 0) is 39.1 Å². The number of para-hydroxylation sites is 1. The number of nitrogens with zero attached hydrogens (tertiary/aromatic N) is 3. The van der Waals surface area contributed by atoms with Crippen LogP contribution in [0.15, 0.2) is 38.6 Å². The molecule has 8 nitrogen and oxygen atoms in total. The zero-order valence-electron chi connectivity index (χ0n) is 14.4. The molecule has 1 aromatic rings. The highest BCUT2D eigenvalue weighted by Gasteiger charge is 2.28. The van der Waals surface area contributed by atoms with E-state index in [9.17, 15) is 8.42 Å². The number of nitrogens with one attached hydrogen (secondary N) is 2. The van der Waals surface area contributed by atoms with E-state index in [1.54, 1.807) is 18.2 Å². The quantitative estimate of drug-likeness (QED) is 0.532. The molecule has 1 fully saturated rings. The van der Waals surface area contributed by atoms with E-state index >= 15 is 0 Å². The van der Waals surface area contributed by atoms with Crippen LogP contribution in [0.4, 0.5) is 5.69 Å². The number of hydrogen-bond acceptors (Lipinski definition) is 5. The maximum absolute atomic E-state index is 12.2. The standard InChI is InChI=1S/C16H24N6O2S/c1-22(2)13-9-5-3-7-11(13)18-15(17)20-16-19-12-8-4-6-10-14(12)25(23,24)21-16/h4,6,8,10-11,13H,3,5,7,9H2,1-2H3,(H4,17,18,19,20,21)/t11-,13-/m1/s1. The molecule has 0 bridgehead atoms. The van der Waals surface area contributed by atoms with E-state index in [1.807, 2.05) is 14.1 Å². The second kappa shape index (κ2) is 7.01. The second-order valence-electron chi connectivity index (χ2n) is 6.56. The molecule has 1 heterocycles. The maximum atomic E-state index is 12.2. The molecular formula is C16H24N6O2S. The Hall–Kier alpha value is -2.13. The Morgan fingerprint density at radius 1 is 1.32 bits per heavy atom. The van der Waals surface area contributed by atoms with Crippen molar-refractivity contribution in [2.75, 3.05) is 19.4 Å². The van der Waals surface area contributed by atoms with E-state index in [1.165, 1.54) is 12.5 Å². The van der Waals surface area contributed by atoms with Gasteiger partial charge < -0.3 is 16.0 Å². The van der Waals surface area contributed by atoms with Crippen molar-refractivity contribution in [3.8, 4) is 0 Å². The molecule has 2 atom stereocenters. The Kier molecular flexibility index (Phi) is 4.96. The van der Waals surface area contributed by atoms with Gasteiger partial charge in [0.25, 0.3) is 10.0 Å². The number of nitrogens with two attached hydrogens (primary N) is 1. The highest BCUT2D eigenvalue weighted by atomic mass is 32.2. The molecule has 0 unspecified atom stereocenters. The molecule has 25 heavy (non-hydrogen) atoms. The smallest absolute Gasteiger partial charge is 0.287 e. The molecule has 0 spiro atoms. The first kappa shape index (κ1) is 17.7. The molecule has 2 aliphatic rings. The number of benzene rings is 1. The Morgan fingerprint density at radius 3 is 2.80 bits per heavy atom. The number of guanidine groups is 2. The predicted octanol–water partition coefficient (Wildman–Crippen LogP) is 0.934. The molecule has 3 rings (SSSR count). The molecule has 1 saturated carbocycles. The van der Waals surface area contributed by atoms with Crippen molar-refractivity contribution in [1.29, 1.82) is 0 Å². The third-order valence-electron chi connectivity index (χ3n) is 4.54. The molecule has 0 radical (unpaired) electrons. The lowest BCUT2D eigenvalue weighted by Crippen LogP contribution is -2.46. The van der Waals surface area contributed by atoms with Crippen molar-refractivity contribution in [2.24, 2.45) is 15.1 Å². The van der Waals surface area contributed by atoms with Crippen LogP contribution in [-0.2, 0) is 10.0 Å². The number of likely N-dealkylation sites (N-methyl/N-ethyl adjacent to an activating group) is 1. The van der Waals surface area contributed by atoms with Crippen LogP contribution in [0.2, 0.25) is 0 Å². The molecule has 0 amide bonds. The number of fused-ring (bicyclic) bond motifs is 1. The van der Waals surface area contributed by atoms with Gasteiger partial charge in [-0.15, -0.1) is 4.40 Å². The molecule has 0 aromatic heterocycles. The van der Waals surface area contributed by atoms with Crippen LogP contribution in [0, 0.1) is 0 Å². The van der Waals surface area contributed by atoms with Gasteiger partial charge in [-0.25, -0.2) is 4.99 Å². The highest BCUT2D eigenvalue weighted by molar-refractivity contribution is 7.90. The third kappa shape index (κ3) is 3.93. The number of aliphatic imine (C=N–C) groups is 1. The van der Waals surface area contributed by atoms with Gasteiger partial charge in [-0.1, -0.05) is 25.0 Å². The summed E-state index contributed by atoms with van der Waals surface area (Å²) in [5.41, 5.74) is 6.48. The Morgan fingerprint density at radius 2 is 2.04 bits per heavy atom. The van der Waals surface area contributed by atoms with Gasteiger partial charge >= 0.3 is 0 Å². The first-order valence-electron chi connectivity index (χ1n) is 8.34. The van der Waals surface area contributed by atoms with Crippen LogP contribution in [0.3, 0.4) is 0 Å². The van der Waals surface area contributed by atoms with Gasteiger partial charge in [0.05, 0.1) is 11.7 Å². The van der Waals surface area contributed by atoms with E-state index in [4.69, 9.17) is 5.73 Å². The topological polar surface area (TPSA) is 112 Å². The van der Waals surface area contributed by atoms with Crippen molar-refractivity contribution in [3.05, 3.63) is 24.3 Å². The summed E-state index contributed by atoms with van der Waals surface area (Å²) < 4.78 is 28.2. The Bertz CT molecular complexity index is 803. The summed E-state index contributed by atoms with van der Waals surface area (Å²) in [5, 5.41) is 5.73. The zero-order valence-corrected chi connectivity index (χ0v) is 15.3. The van der Waals surface area contributed by atoms with E-state index in [-0.39, 0.29) is 22.9 Å². The van der Waals surface area contributed by atoms with Gasteiger partial charge in [0.15, 0.2) is 5.96 Å². The van der Waals surface area contributed by atoms with Crippen LogP contribution in [0.25, 0.3) is 0 Å². The van der Waals surface area contributed by atoms with Crippen molar-refractivity contribution in [1.82, 2.24) is 10.2 Å². The number of anilines is 1. The van der Waals surface area contributed by atoms with Gasteiger partial charge in [-0.2, -0.15) is 8.42 Å². The fraction of sp³-hybridized carbons (Fsp3) is 0.500. The second-order valence-corrected chi connectivity index (χ2v) is 8.13. The maximum Gasteiger partial charge on any atom is 0.287 e. The zero-order chi connectivity index (χ0) is 18.0. The van der Waals surface area contributed by atoms with Crippen LogP contribution in [0.1, 0.15) is 25.7 Å². The minimum absolute atomic E-state index is 0.0668. The minimum Gasteiger partial charge on any atom is -0.370 e. The molecule has 136 valence electrons. The molecule has 9 heteroatoms. The Labute approximate surface area is 148 Å². The van der Waals surface area contributed by atoms with E-state index < -0.39 is 10.0 Å². The molecule has 1 aliphatic carbocycles. The van der Waals surface area contributed by atoms with Gasteiger partial charge in [0, 0.05) is 6.04 Å². The summed E-state index contributed by atoms with van der Waals surface area (Å²) in [5.74, 6) is 0.233. The third-order valence-corrected chi connectivity index (χ3v) is 5.87. The normalized spacial score (nSPS) is 25.7. The Balaban J connectivity index is 1.77. The van der Waals surface area contributed by atoms with E-state index in [0.29, 0.717) is 11.7 Å². The predicted molar refractivity (Wildman–Crippen MR) is 99.2 cm³/mol. The van der Waals surface area contributed by atoms with Gasteiger partial charge in [0.2, 0.25) is 5.96 Å². The monoisotopic (exact) mass is 364 g/mol. The molecule has 1 aliphatic heterocycles. The van der Waals surface area contributed by atoms with Crippen LogP contribution in [0.5, 0.6) is 0 Å². The fourth-order valence-corrected chi connectivity index (χ4v) is 4.42. The summed E-state index contributed by atoms with van der Waals surface area (Å²) in [6, 6.07) is 7.03. The van der Waals surface area contributed by atoms with Crippen molar-refractivity contribution < 1.29 is 8.42 Å². The molecule has 4 N–H and O–H groups in total.